The van der Waals surface area contributed by atoms with Crippen molar-refractivity contribution in [1.82, 2.24) is 9.13 Å². The third kappa shape index (κ3) is 5.29. The maximum absolute atomic E-state index is 14.3. The lowest BCUT2D eigenvalue weighted by atomic mass is 9.93. The number of ether oxygens (including phenoxy) is 1. The monoisotopic (exact) mass is 662 g/mol. The maximum Gasteiger partial charge on any atom is 0.338 e. The molecule has 236 valence electrons. The molecule has 0 saturated carbocycles. The molecule has 0 radical (unpaired) electrons. The van der Waals surface area contributed by atoms with Gasteiger partial charge < -0.3 is 9.30 Å². The Labute approximate surface area is 278 Å². The first kappa shape index (κ1) is 30.8. The largest absolute Gasteiger partial charge is 0.463 e. The van der Waals surface area contributed by atoms with Crippen LogP contribution in [0.4, 0.5) is 4.39 Å². The molecule has 1 aliphatic heterocycles. The third-order valence-corrected chi connectivity index (χ3v) is 11.0. The Morgan fingerprint density at radius 2 is 1.85 bits per heavy atom. The number of hydrogen-bond donors (Lipinski definition) is 0. The van der Waals surface area contributed by atoms with Crippen molar-refractivity contribution >= 4 is 40.4 Å². The van der Waals surface area contributed by atoms with Gasteiger partial charge in [-0.2, -0.15) is 5.26 Å². The normalized spacial score (nSPS) is 16.0. The summed E-state index contributed by atoms with van der Waals surface area (Å²) in [5, 5.41) is 11.1. The van der Waals surface area contributed by atoms with Crippen molar-refractivity contribution in [2.45, 2.75) is 52.5 Å². The van der Waals surface area contributed by atoms with Crippen LogP contribution in [0.25, 0.3) is 16.8 Å². The Bertz CT molecular complexity index is 2300. The molecule has 0 spiro atoms. The second-order valence-electron chi connectivity index (χ2n) is 11.6. The molecule has 0 bridgehead atoms. The highest BCUT2D eigenvalue weighted by Crippen LogP contribution is 2.39. The number of nitriles is 1. The SMILES string of the molecule is CCOC(=O)C1=C(c2ccccc2)N=c2s/c(=C/c3cc(C)n(-c4sc5c(c4C#N)CCCC5)c3C)c(=O)n2[C@@H]1c1ccc(F)cc1. The van der Waals surface area contributed by atoms with Crippen molar-refractivity contribution in [3.05, 3.63) is 136 Å². The zero-order chi connectivity index (χ0) is 32.8. The number of thiazole rings is 1. The summed E-state index contributed by atoms with van der Waals surface area (Å²) in [7, 11) is 0. The van der Waals surface area contributed by atoms with Crippen LogP contribution in [-0.2, 0) is 22.4 Å². The Kier molecular flexibility index (Phi) is 8.12. The quantitative estimate of drug-likeness (QED) is 0.200. The van der Waals surface area contributed by atoms with Crippen molar-refractivity contribution in [3.63, 3.8) is 0 Å². The number of fused-ring (bicyclic) bond motifs is 2. The molecule has 2 aliphatic rings. The molecule has 5 aromatic rings. The number of hydrogen-bond acceptors (Lipinski definition) is 7. The fraction of sp³-hybridized carbons (Fsp3) is 0.243. The van der Waals surface area contributed by atoms with Gasteiger partial charge in [-0.15, -0.1) is 11.3 Å². The lowest BCUT2D eigenvalue weighted by Crippen LogP contribution is -2.40. The van der Waals surface area contributed by atoms with E-state index >= 15 is 0 Å². The van der Waals surface area contributed by atoms with Gasteiger partial charge in [-0.25, -0.2) is 14.2 Å². The standard InChI is InChI=1S/C37H31FN4O3S2/c1-4-45-36(44)31-32(23-10-6-5-7-11-23)40-37-42(33(31)24-14-16-26(38)17-15-24)34(43)30(47-37)19-25-18-21(2)41(22(25)3)35-28(20-39)27-12-8-9-13-29(27)46-35/h5-7,10-11,14-19,33H,4,8-9,12-13H2,1-3H3/b30-19+/t33-/m1/s1. The molecule has 0 unspecified atom stereocenters. The van der Waals surface area contributed by atoms with Crippen LogP contribution in [-0.4, -0.2) is 21.7 Å². The minimum absolute atomic E-state index is 0.140. The fourth-order valence-electron chi connectivity index (χ4n) is 6.61. The van der Waals surface area contributed by atoms with Crippen molar-refractivity contribution in [3.8, 4) is 11.1 Å². The Morgan fingerprint density at radius 1 is 1.11 bits per heavy atom. The van der Waals surface area contributed by atoms with Crippen molar-refractivity contribution in [2.24, 2.45) is 4.99 Å². The molecule has 2 aromatic carbocycles. The first-order valence-electron chi connectivity index (χ1n) is 15.6. The molecular formula is C37H31FN4O3S2. The van der Waals surface area contributed by atoms with Gasteiger partial charge in [-0.1, -0.05) is 53.8 Å². The van der Waals surface area contributed by atoms with E-state index in [1.54, 1.807) is 30.4 Å². The number of esters is 1. The molecule has 0 N–H and O–H groups in total. The van der Waals surface area contributed by atoms with Gasteiger partial charge in [-0.3, -0.25) is 9.36 Å². The van der Waals surface area contributed by atoms with E-state index in [9.17, 15) is 19.2 Å². The van der Waals surface area contributed by atoms with Crippen LogP contribution in [0.2, 0.25) is 0 Å². The molecule has 1 aliphatic carbocycles. The van der Waals surface area contributed by atoms with Gasteiger partial charge in [0.2, 0.25) is 0 Å². The topological polar surface area (TPSA) is 89.4 Å². The van der Waals surface area contributed by atoms with E-state index in [0.29, 0.717) is 26.2 Å². The van der Waals surface area contributed by atoms with Gasteiger partial charge >= 0.3 is 5.97 Å². The average molecular weight is 663 g/mol. The summed E-state index contributed by atoms with van der Waals surface area (Å²) < 4.78 is 23.7. The minimum atomic E-state index is -0.883. The van der Waals surface area contributed by atoms with Crippen molar-refractivity contribution < 1.29 is 13.9 Å². The molecule has 47 heavy (non-hydrogen) atoms. The van der Waals surface area contributed by atoms with Gasteiger partial charge in [0.05, 0.1) is 34.0 Å². The fourth-order valence-corrected chi connectivity index (χ4v) is 9.05. The zero-order valence-electron chi connectivity index (χ0n) is 26.2. The predicted molar refractivity (Wildman–Crippen MR) is 182 cm³/mol. The molecule has 7 nitrogen and oxygen atoms in total. The number of benzene rings is 2. The molecule has 0 amide bonds. The van der Waals surface area contributed by atoms with E-state index in [-0.39, 0.29) is 17.7 Å². The lowest BCUT2D eigenvalue weighted by molar-refractivity contribution is -0.138. The van der Waals surface area contributed by atoms with E-state index in [4.69, 9.17) is 9.73 Å². The van der Waals surface area contributed by atoms with Crippen LogP contribution < -0.4 is 14.9 Å². The minimum Gasteiger partial charge on any atom is -0.463 e. The van der Waals surface area contributed by atoms with E-state index < -0.39 is 17.8 Å². The molecule has 0 saturated heterocycles. The highest BCUT2D eigenvalue weighted by molar-refractivity contribution is 7.15. The second-order valence-corrected chi connectivity index (χ2v) is 13.7. The number of carbonyl (C=O) groups is 1. The molecular weight excluding hydrogens is 632 g/mol. The van der Waals surface area contributed by atoms with E-state index in [1.807, 2.05) is 56.3 Å². The molecule has 4 heterocycles. The highest BCUT2D eigenvalue weighted by Gasteiger charge is 2.35. The van der Waals surface area contributed by atoms with E-state index in [0.717, 1.165) is 53.2 Å². The Balaban J connectivity index is 1.44. The van der Waals surface area contributed by atoms with Gasteiger partial charge in [0.25, 0.3) is 5.56 Å². The number of rotatable bonds is 6. The maximum atomic E-state index is 14.3. The summed E-state index contributed by atoms with van der Waals surface area (Å²) in [6.45, 7) is 5.88. The van der Waals surface area contributed by atoms with Crippen LogP contribution >= 0.6 is 22.7 Å². The predicted octanol–water partition coefficient (Wildman–Crippen LogP) is 6.29. The lowest BCUT2D eigenvalue weighted by Gasteiger charge is -2.25. The number of thiophene rings is 1. The summed E-state index contributed by atoms with van der Waals surface area (Å²) in [4.78, 5) is 34.6. The average Bonchev–Trinajstić information content (AvgIpc) is 3.70. The van der Waals surface area contributed by atoms with Crippen LogP contribution in [0.1, 0.15) is 69.9 Å². The summed E-state index contributed by atoms with van der Waals surface area (Å²) in [6.07, 6.45) is 6.01. The summed E-state index contributed by atoms with van der Waals surface area (Å²) in [5.74, 6) is -1.01. The number of halogens is 1. The van der Waals surface area contributed by atoms with Crippen molar-refractivity contribution in [1.29, 1.82) is 5.26 Å². The first-order valence-corrected chi connectivity index (χ1v) is 17.2. The number of nitrogens with zero attached hydrogens (tertiary/aromatic N) is 4. The number of carbonyl (C=O) groups excluding carboxylic acids is 1. The Morgan fingerprint density at radius 3 is 2.57 bits per heavy atom. The molecule has 7 rings (SSSR count). The van der Waals surface area contributed by atoms with E-state index in [2.05, 4.69) is 10.6 Å². The van der Waals surface area contributed by atoms with Gasteiger partial charge in [0.15, 0.2) is 4.80 Å². The third-order valence-electron chi connectivity index (χ3n) is 8.78. The van der Waals surface area contributed by atoms with E-state index in [1.165, 1.54) is 38.5 Å². The second kappa shape index (κ2) is 12.4. The van der Waals surface area contributed by atoms with Crippen LogP contribution in [0.5, 0.6) is 0 Å². The molecule has 1 atom stereocenters. The summed E-state index contributed by atoms with van der Waals surface area (Å²) >= 11 is 2.93. The summed E-state index contributed by atoms with van der Waals surface area (Å²) in [6, 6.07) is 18.8. The molecule has 0 fully saturated rings. The molecule has 10 heteroatoms. The zero-order valence-corrected chi connectivity index (χ0v) is 27.8. The summed E-state index contributed by atoms with van der Waals surface area (Å²) in [5.41, 5.74) is 6.26. The van der Waals surface area contributed by atoms with Gasteiger partial charge in [-0.05, 0) is 87.4 Å². The van der Waals surface area contributed by atoms with Crippen molar-refractivity contribution in [2.75, 3.05) is 6.61 Å². The van der Waals surface area contributed by atoms with Crippen LogP contribution in [0, 0.1) is 31.0 Å². The number of aryl methyl sites for hydroxylation is 2. The first-order chi connectivity index (χ1) is 22.8. The van der Waals surface area contributed by atoms with Crippen LogP contribution in [0.15, 0.2) is 76.0 Å². The van der Waals surface area contributed by atoms with Gasteiger partial charge in [0, 0.05) is 21.8 Å². The van der Waals surface area contributed by atoms with Crippen LogP contribution in [0.3, 0.4) is 0 Å². The highest BCUT2D eigenvalue weighted by atomic mass is 32.1. The van der Waals surface area contributed by atoms with Gasteiger partial charge in [0.1, 0.15) is 16.9 Å². The Hall–Kier alpha value is -4.85. The number of aromatic nitrogens is 2. The molecule has 3 aromatic heterocycles. The smallest absolute Gasteiger partial charge is 0.338 e.